The van der Waals surface area contributed by atoms with Gasteiger partial charge in [-0.15, -0.1) is 0 Å². The number of nitrogens with one attached hydrogen (secondary N) is 1. The molecular weight excluding hydrogens is 318 g/mol. The van der Waals surface area contributed by atoms with E-state index in [9.17, 15) is 9.59 Å². The van der Waals surface area contributed by atoms with Crippen molar-refractivity contribution in [2.24, 2.45) is 5.41 Å². The third-order valence-electron chi connectivity index (χ3n) is 5.42. The normalized spacial score (nSPS) is 24.4. The quantitative estimate of drug-likeness (QED) is 0.853. The maximum atomic E-state index is 12.5. The highest BCUT2D eigenvalue weighted by molar-refractivity contribution is 5.79. The molecule has 138 valence electrons. The smallest absolute Gasteiger partial charge is 0.236 e. The molecule has 0 saturated carbocycles. The summed E-state index contributed by atoms with van der Waals surface area (Å²) in [5.74, 6) is 0.437. The Morgan fingerprint density at radius 3 is 2.92 bits per heavy atom. The van der Waals surface area contributed by atoms with Gasteiger partial charge in [0.05, 0.1) is 12.9 Å². The van der Waals surface area contributed by atoms with E-state index >= 15 is 0 Å². The number of H-pyrrole nitrogens is 1. The zero-order valence-electron chi connectivity index (χ0n) is 15.3. The zero-order valence-corrected chi connectivity index (χ0v) is 15.3. The summed E-state index contributed by atoms with van der Waals surface area (Å²) >= 11 is 0. The number of likely N-dealkylation sites (N-methyl/N-ethyl adjacent to an activating group) is 1. The van der Waals surface area contributed by atoms with E-state index in [4.69, 9.17) is 0 Å². The lowest BCUT2D eigenvalue weighted by atomic mass is 9.73. The van der Waals surface area contributed by atoms with E-state index in [-0.39, 0.29) is 17.2 Å². The topological polar surface area (TPSA) is 72.5 Å². The van der Waals surface area contributed by atoms with Gasteiger partial charge in [0.2, 0.25) is 11.8 Å². The van der Waals surface area contributed by atoms with Crippen LogP contribution in [0, 0.1) is 5.41 Å². The van der Waals surface area contributed by atoms with Crippen molar-refractivity contribution >= 4 is 11.8 Å². The van der Waals surface area contributed by atoms with Crippen LogP contribution >= 0.6 is 0 Å². The molecule has 3 heterocycles. The van der Waals surface area contributed by atoms with Crippen LogP contribution in [0.25, 0.3) is 0 Å². The Hall–Kier alpha value is -1.89. The number of hydrogen-bond donors (Lipinski definition) is 1. The predicted molar refractivity (Wildman–Crippen MR) is 94.9 cm³/mol. The minimum Gasteiger partial charge on any atom is -0.348 e. The molecule has 1 aromatic heterocycles. The molecule has 0 aromatic carbocycles. The number of hydrogen-bond acceptors (Lipinski definition) is 4. The molecule has 0 radical (unpaired) electrons. The number of likely N-dealkylation sites (tertiary alicyclic amines) is 2. The van der Waals surface area contributed by atoms with Gasteiger partial charge >= 0.3 is 0 Å². The van der Waals surface area contributed by atoms with Gasteiger partial charge < -0.3 is 19.7 Å². The minimum absolute atomic E-state index is 0.0715. The number of aromatic amines is 1. The van der Waals surface area contributed by atoms with Crippen molar-refractivity contribution in [1.29, 1.82) is 0 Å². The molecule has 2 saturated heterocycles. The second-order valence-electron chi connectivity index (χ2n) is 7.80. The first-order chi connectivity index (χ1) is 12.0. The molecule has 2 aliphatic rings. The number of aromatic nitrogens is 2. The summed E-state index contributed by atoms with van der Waals surface area (Å²) in [5, 5.41) is 0. The third-order valence-corrected chi connectivity index (χ3v) is 5.42. The Balaban J connectivity index is 1.62. The van der Waals surface area contributed by atoms with Crippen LogP contribution in [0.5, 0.6) is 0 Å². The highest BCUT2D eigenvalue weighted by Crippen LogP contribution is 2.38. The minimum atomic E-state index is 0.0715. The molecule has 1 atom stereocenters. The molecule has 1 N–H and O–H groups in total. The third kappa shape index (κ3) is 4.39. The molecule has 2 amide bonds. The van der Waals surface area contributed by atoms with Crippen LogP contribution in [-0.2, 0) is 16.0 Å². The van der Waals surface area contributed by atoms with E-state index in [1.165, 1.54) is 0 Å². The van der Waals surface area contributed by atoms with Gasteiger partial charge in [-0.05, 0) is 33.4 Å². The number of imidazole rings is 1. The van der Waals surface area contributed by atoms with E-state index in [0.717, 1.165) is 51.0 Å². The number of rotatable bonds is 5. The van der Waals surface area contributed by atoms with Crippen LogP contribution in [0.3, 0.4) is 0 Å². The molecule has 0 bridgehead atoms. The van der Waals surface area contributed by atoms with Crippen molar-refractivity contribution in [2.75, 3.05) is 46.8 Å². The molecule has 1 aromatic rings. The van der Waals surface area contributed by atoms with E-state index < -0.39 is 0 Å². The number of piperidine rings is 2. The Kier molecular flexibility index (Phi) is 5.42. The Morgan fingerprint density at radius 2 is 2.20 bits per heavy atom. The number of nitrogens with zero attached hydrogens (tertiary/aromatic N) is 4. The van der Waals surface area contributed by atoms with E-state index in [1.54, 1.807) is 6.33 Å². The molecule has 0 unspecified atom stereocenters. The number of carbonyl (C=O) groups is 2. The highest BCUT2D eigenvalue weighted by Gasteiger charge is 2.42. The van der Waals surface area contributed by atoms with Crippen LogP contribution in [0.15, 0.2) is 12.5 Å². The molecule has 25 heavy (non-hydrogen) atoms. The van der Waals surface area contributed by atoms with E-state index in [0.29, 0.717) is 19.5 Å². The summed E-state index contributed by atoms with van der Waals surface area (Å²) in [6, 6.07) is 0. The van der Waals surface area contributed by atoms with Gasteiger partial charge in [0.15, 0.2) is 0 Å². The van der Waals surface area contributed by atoms with Crippen LogP contribution in [0.4, 0.5) is 0 Å². The first-order valence-corrected chi connectivity index (χ1v) is 9.15. The summed E-state index contributed by atoms with van der Waals surface area (Å²) in [7, 11) is 3.85. The summed E-state index contributed by atoms with van der Waals surface area (Å²) in [4.78, 5) is 37.9. The van der Waals surface area contributed by atoms with Gasteiger partial charge in [-0.1, -0.05) is 0 Å². The summed E-state index contributed by atoms with van der Waals surface area (Å²) in [6.45, 7) is 3.57. The molecule has 2 aliphatic heterocycles. The van der Waals surface area contributed by atoms with E-state index in [1.807, 2.05) is 35.0 Å². The van der Waals surface area contributed by atoms with E-state index in [2.05, 4.69) is 9.97 Å². The standard InChI is InChI=1S/C18H29N5O2/c1-21(2)11-17(25)22-8-3-6-18(12-22)7-4-16(24)23(13-18)9-5-15-10-19-14-20-15/h10,14H,3-9,11-13H2,1-2H3,(H,19,20)/t18-/m1/s1. The average molecular weight is 347 g/mol. The number of amides is 2. The van der Waals surface area contributed by atoms with Crippen LogP contribution in [-0.4, -0.2) is 83.3 Å². The monoisotopic (exact) mass is 347 g/mol. The summed E-state index contributed by atoms with van der Waals surface area (Å²) < 4.78 is 0. The zero-order chi connectivity index (χ0) is 17.9. The maximum absolute atomic E-state index is 12.5. The maximum Gasteiger partial charge on any atom is 0.236 e. The van der Waals surface area contributed by atoms with Crippen molar-refractivity contribution in [2.45, 2.75) is 32.1 Å². The molecule has 3 rings (SSSR count). The summed E-state index contributed by atoms with van der Waals surface area (Å²) in [6.07, 6.45) is 7.91. The van der Waals surface area contributed by atoms with Gasteiger partial charge in [-0.2, -0.15) is 0 Å². The van der Waals surface area contributed by atoms with Crippen LogP contribution in [0.2, 0.25) is 0 Å². The van der Waals surface area contributed by atoms with Gasteiger partial charge in [0.1, 0.15) is 0 Å². The fourth-order valence-corrected chi connectivity index (χ4v) is 4.11. The SMILES string of the molecule is CN(C)CC(=O)N1CCC[C@@]2(CCC(=O)N(CCc3cnc[nH]3)C2)C1. The molecule has 1 spiro atoms. The lowest BCUT2D eigenvalue weighted by molar-refractivity contribution is -0.143. The van der Waals surface area contributed by atoms with Gasteiger partial charge in [0.25, 0.3) is 0 Å². The first-order valence-electron chi connectivity index (χ1n) is 9.15. The Bertz CT molecular complexity index is 601. The second kappa shape index (κ2) is 7.56. The Morgan fingerprint density at radius 1 is 1.36 bits per heavy atom. The fraction of sp³-hybridized carbons (Fsp3) is 0.722. The second-order valence-corrected chi connectivity index (χ2v) is 7.80. The van der Waals surface area contributed by atoms with Crippen molar-refractivity contribution in [3.8, 4) is 0 Å². The number of carbonyl (C=O) groups excluding carboxylic acids is 2. The van der Waals surface area contributed by atoms with Crippen molar-refractivity contribution in [3.05, 3.63) is 18.2 Å². The molecular formula is C18H29N5O2. The molecule has 0 aliphatic carbocycles. The predicted octanol–water partition coefficient (Wildman–Crippen LogP) is 0.745. The average Bonchev–Trinajstić information content (AvgIpc) is 3.09. The van der Waals surface area contributed by atoms with Crippen molar-refractivity contribution in [3.63, 3.8) is 0 Å². The molecule has 7 nitrogen and oxygen atoms in total. The lowest BCUT2D eigenvalue weighted by Crippen LogP contribution is -2.56. The fourth-order valence-electron chi connectivity index (χ4n) is 4.11. The largest absolute Gasteiger partial charge is 0.348 e. The van der Waals surface area contributed by atoms with Gasteiger partial charge in [0, 0.05) is 56.3 Å². The van der Waals surface area contributed by atoms with Gasteiger partial charge in [-0.3, -0.25) is 9.59 Å². The van der Waals surface area contributed by atoms with Crippen LogP contribution < -0.4 is 0 Å². The van der Waals surface area contributed by atoms with Crippen LogP contribution in [0.1, 0.15) is 31.4 Å². The molecule has 2 fully saturated rings. The van der Waals surface area contributed by atoms with Crippen molar-refractivity contribution in [1.82, 2.24) is 24.7 Å². The first kappa shape index (κ1) is 17.9. The van der Waals surface area contributed by atoms with Crippen molar-refractivity contribution < 1.29 is 9.59 Å². The molecule has 7 heteroatoms. The lowest BCUT2D eigenvalue weighted by Gasteiger charge is -2.48. The Labute approximate surface area is 149 Å². The summed E-state index contributed by atoms with van der Waals surface area (Å²) in [5.41, 5.74) is 1.13. The van der Waals surface area contributed by atoms with Gasteiger partial charge in [-0.25, -0.2) is 4.98 Å². The highest BCUT2D eigenvalue weighted by atomic mass is 16.2.